The summed E-state index contributed by atoms with van der Waals surface area (Å²) in [5.74, 6) is 2.13. The molecule has 1 fully saturated rings. The highest BCUT2D eigenvalue weighted by Crippen LogP contribution is 2.35. The molecule has 3 heterocycles. The first kappa shape index (κ1) is 23.4. The van der Waals surface area contributed by atoms with Crippen molar-refractivity contribution >= 4 is 33.3 Å². The van der Waals surface area contributed by atoms with Crippen molar-refractivity contribution in [2.75, 3.05) is 58.8 Å². The van der Waals surface area contributed by atoms with Gasteiger partial charge in [-0.05, 0) is 57.1 Å². The van der Waals surface area contributed by atoms with Gasteiger partial charge in [-0.3, -0.25) is 0 Å². The normalized spacial score (nSPS) is 15.1. The Hall–Kier alpha value is -3.36. The molecular weight excluding hydrogens is 440 g/mol. The predicted molar refractivity (Wildman–Crippen MR) is 141 cm³/mol. The number of methoxy groups -OCH3 is 1. The summed E-state index contributed by atoms with van der Waals surface area (Å²) in [5, 5.41) is 5.56. The molecule has 1 saturated heterocycles. The summed E-state index contributed by atoms with van der Waals surface area (Å²) in [6.07, 6.45) is 2.56. The van der Waals surface area contributed by atoms with Crippen molar-refractivity contribution in [3.05, 3.63) is 47.9 Å². The van der Waals surface area contributed by atoms with Gasteiger partial charge in [0.15, 0.2) is 11.5 Å². The van der Waals surface area contributed by atoms with Crippen molar-refractivity contribution in [3.8, 4) is 11.5 Å². The van der Waals surface area contributed by atoms with Crippen LogP contribution >= 0.6 is 0 Å². The van der Waals surface area contributed by atoms with E-state index < -0.39 is 0 Å². The maximum Gasteiger partial charge on any atom is 0.163 e. The summed E-state index contributed by atoms with van der Waals surface area (Å²) in [4.78, 5) is 17.3. The summed E-state index contributed by atoms with van der Waals surface area (Å²) < 4.78 is 11.8. The summed E-state index contributed by atoms with van der Waals surface area (Å²) in [5.41, 5.74) is 5.36. The topological polar surface area (TPSA) is 78.5 Å². The Kier molecular flexibility index (Phi) is 6.74. The van der Waals surface area contributed by atoms with Crippen LogP contribution in [0.1, 0.15) is 17.7 Å². The number of likely N-dealkylation sites (N-methyl/N-ethyl adjacent to an activating group) is 1. The average Bonchev–Trinajstić information content (AvgIpc) is 3.15. The molecule has 0 aliphatic carbocycles. The molecule has 2 N–H and O–H groups in total. The van der Waals surface area contributed by atoms with Crippen molar-refractivity contribution in [1.29, 1.82) is 0 Å². The number of aromatic nitrogens is 3. The van der Waals surface area contributed by atoms with Gasteiger partial charge in [0, 0.05) is 66.5 Å². The Labute approximate surface area is 206 Å². The maximum absolute atomic E-state index is 6.12. The minimum atomic E-state index is 0.639. The SMILES string of the molecule is COc1cc2c(Nc3ccc4[nH]c(C)c(C)c4c3)ncnc2cc1OCCCN1CCN(C)CC1. The Morgan fingerprint density at radius 1 is 1.00 bits per heavy atom. The average molecular weight is 475 g/mol. The van der Waals surface area contributed by atoms with Crippen LogP contribution in [0.4, 0.5) is 11.5 Å². The number of ether oxygens (including phenoxy) is 2. The van der Waals surface area contributed by atoms with E-state index in [0.29, 0.717) is 18.1 Å². The Balaban J connectivity index is 1.31. The Morgan fingerprint density at radius 3 is 2.63 bits per heavy atom. The third kappa shape index (κ3) is 5.04. The number of nitrogens with one attached hydrogen (secondary N) is 2. The molecule has 35 heavy (non-hydrogen) atoms. The zero-order valence-corrected chi connectivity index (χ0v) is 21.0. The van der Waals surface area contributed by atoms with Crippen molar-refractivity contribution in [1.82, 2.24) is 24.8 Å². The molecule has 8 heteroatoms. The minimum absolute atomic E-state index is 0.639. The number of aryl methyl sites for hydroxylation is 2. The largest absolute Gasteiger partial charge is 0.493 e. The number of hydrogen-bond acceptors (Lipinski definition) is 7. The zero-order chi connectivity index (χ0) is 24.4. The van der Waals surface area contributed by atoms with Gasteiger partial charge in [-0.2, -0.15) is 0 Å². The fourth-order valence-corrected chi connectivity index (χ4v) is 4.65. The Morgan fingerprint density at radius 2 is 1.83 bits per heavy atom. The van der Waals surface area contributed by atoms with Crippen LogP contribution < -0.4 is 14.8 Å². The van der Waals surface area contributed by atoms with Crippen LogP contribution in [0.15, 0.2) is 36.7 Å². The van der Waals surface area contributed by atoms with Gasteiger partial charge in [0.25, 0.3) is 0 Å². The van der Waals surface area contributed by atoms with E-state index in [0.717, 1.165) is 67.1 Å². The molecule has 1 aliphatic heterocycles. The first-order valence-corrected chi connectivity index (χ1v) is 12.2. The standard InChI is InChI=1S/C27H34N6O2/c1-18-19(2)30-23-7-6-20(14-21(18)23)31-27-22-15-25(34-4)26(16-24(22)28-17-29-27)35-13-5-8-33-11-9-32(3)10-12-33/h6-7,14-17,30H,5,8-13H2,1-4H3,(H,28,29,31). The van der Waals surface area contributed by atoms with Gasteiger partial charge in [-0.1, -0.05) is 0 Å². The van der Waals surface area contributed by atoms with Crippen LogP contribution in [-0.4, -0.2) is 78.2 Å². The molecule has 0 bridgehead atoms. The quantitative estimate of drug-likeness (QED) is 0.364. The highest BCUT2D eigenvalue weighted by Gasteiger charge is 2.15. The van der Waals surface area contributed by atoms with Gasteiger partial charge in [0.2, 0.25) is 0 Å². The lowest BCUT2D eigenvalue weighted by Gasteiger charge is -2.32. The lowest BCUT2D eigenvalue weighted by Crippen LogP contribution is -2.44. The van der Waals surface area contributed by atoms with Crippen LogP contribution in [0.2, 0.25) is 0 Å². The number of aromatic amines is 1. The van der Waals surface area contributed by atoms with E-state index >= 15 is 0 Å². The third-order valence-corrected chi connectivity index (χ3v) is 6.96. The van der Waals surface area contributed by atoms with E-state index in [-0.39, 0.29) is 0 Å². The van der Waals surface area contributed by atoms with Gasteiger partial charge in [0.05, 0.1) is 19.2 Å². The molecule has 0 amide bonds. The first-order chi connectivity index (χ1) is 17.0. The second kappa shape index (κ2) is 10.1. The molecule has 184 valence electrons. The molecule has 0 spiro atoms. The van der Waals surface area contributed by atoms with E-state index in [4.69, 9.17) is 9.47 Å². The molecule has 2 aromatic heterocycles. The number of anilines is 2. The number of benzene rings is 2. The fourth-order valence-electron chi connectivity index (χ4n) is 4.65. The van der Waals surface area contributed by atoms with Crippen molar-refractivity contribution in [2.24, 2.45) is 0 Å². The van der Waals surface area contributed by atoms with Crippen LogP contribution in [0, 0.1) is 13.8 Å². The molecule has 1 aliphatic rings. The summed E-state index contributed by atoms with van der Waals surface area (Å²) in [6, 6.07) is 10.2. The van der Waals surface area contributed by atoms with E-state index in [1.807, 2.05) is 12.1 Å². The highest BCUT2D eigenvalue weighted by molar-refractivity contribution is 5.94. The van der Waals surface area contributed by atoms with Crippen molar-refractivity contribution < 1.29 is 9.47 Å². The number of rotatable bonds is 8. The second-order valence-corrected chi connectivity index (χ2v) is 9.35. The monoisotopic (exact) mass is 474 g/mol. The summed E-state index contributed by atoms with van der Waals surface area (Å²) >= 11 is 0. The second-order valence-electron chi connectivity index (χ2n) is 9.35. The van der Waals surface area contributed by atoms with E-state index in [1.54, 1.807) is 13.4 Å². The van der Waals surface area contributed by atoms with E-state index in [9.17, 15) is 0 Å². The van der Waals surface area contributed by atoms with Crippen LogP contribution in [0.25, 0.3) is 21.8 Å². The lowest BCUT2D eigenvalue weighted by atomic mass is 10.1. The van der Waals surface area contributed by atoms with Gasteiger partial charge < -0.3 is 29.6 Å². The molecule has 0 saturated carbocycles. The molecule has 0 unspecified atom stereocenters. The van der Waals surface area contributed by atoms with Gasteiger partial charge in [0.1, 0.15) is 12.1 Å². The molecule has 5 rings (SSSR count). The number of hydrogen-bond donors (Lipinski definition) is 2. The van der Waals surface area contributed by atoms with E-state index in [1.165, 1.54) is 16.6 Å². The van der Waals surface area contributed by atoms with Gasteiger partial charge in [-0.25, -0.2) is 9.97 Å². The smallest absolute Gasteiger partial charge is 0.163 e. The van der Waals surface area contributed by atoms with Crippen LogP contribution in [0.3, 0.4) is 0 Å². The van der Waals surface area contributed by atoms with E-state index in [2.05, 4.69) is 69.2 Å². The molecule has 0 radical (unpaired) electrons. The molecular formula is C27H34N6O2. The molecule has 4 aromatic rings. The predicted octanol–water partition coefficient (Wildman–Crippen LogP) is 4.50. The lowest BCUT2D eigenvalue weighted by molar-refractivity contribution is 0.145. The molecule has 0 atom stereocenters. The third-order valence-electron chi connectivity index (χ3n) is 6.96. The van der Waals surface area contributed by atoms with Crippen molar-refractivity contribution in [3.63, 3.8) is 0 Å². The fraction of sp³-hybridized carbons (Fsp3) is 0.407. The first-order valence-electron chi connectivity index (χ1n) is 12.2. The molecule has 2 aromatic carbocycles. The number of nitrogens with zero attached hydrogens (tertiary/aromatic N) is 4. The van der Waals surface area contributed by atoms with Crippen LogP contribution in [-0.2, 0) is 0 Å². The molecule has 8 nitrogen and oxygen atoms in total. The van der Waals surface area contributed by atoms with Gasteiger partial charge in [-0.15, -0.1) is 0 Å². The number of H-pyrrole nitrogens is 1. The number of piperazine rings is 1. The number of fused-ring (bicyclic) bond motifs is 2. The minimum Gasteiger partial charge on any atom is -0.493 e. The summed E-state index contributed by atoms with van der Waals surface area (Å²) in [7, 11) is 3.85. The van der Waals surface area contributed by atoms with Crippen molar-refractivity contribution in [2.45, 2.75) is 20.3 Å². The zero-order valence-electron chi connectivity index (χ0n) is 21.0. The highest BCUT2D eigenvalue weighted by atomic mass is 16.5. The van der Waals surface area contributed by atoms with Crippen LogP contribution in [0.5, 0.6) is 11.5 Å². The summed E-state index contributed by atoms with van der Waals surface area (Å²) in [6.45, 7) is 10.4. The maximum atomic E-state index is 6.12. The van der Waals surface area contributed by atoms with Gasteiger partial charge >= 0.3 is 0 Å². The Bertz CT molecular complexity index is 1330.